The molecule has 1 heterocycles. The fourth-order valence-corrected chi connectivity index (χ4v) is 1.49. The predicted octanol–water partition coefficient (Wildman–Crippen LogP) is -0.0811. The molecule has 1 aromatic rings. The highest BCUT2D eigenvalue weighted by atomic mass is 16.2. The second-order valence-electron chi connectivity index (χ2n) is 3.75. The van der Waals surface area contributed by atoms with Gasteiger partial charge in [-0.25, -0.2) is 4.79 Å². The third kappa shape index (κ3) is 1.86. The van der Waals surface area contributed by atoms with Crippen molar-refractivity contribution in [3.8, 4) is 0 Å². The zero-order valence-corrected chi connectivity index (χ0v) is 7.82. The third-order valence-electron chi connectivity index (χ3n) is 2.52. The molecule has 1 saturated carbocycles. The zero-order valence-electron chi connectivity index (χ0n) is 7.82. The van der Waals surface area contributed by atoms with Crippen molar-refractivity contribution in [3.05, 3.63) is 26.9 Å². The van der Waals surface area contributed by atoms with Gasteiger partial charge in [0, 0.05) is 12.6 Å². The zero-order chi connectivity index (χ0) is 10.1. The van der Waals surface area contributed by atoms with Crippen molar-refractivity contribution in [1.29, 1.82) is 0 Å². The molecule has 0 amide bonds. The van der Waals surface area contributed by atoms with Crippen molar-refractivity contribution >= 4 is 5.82 Å². The number of anilines is 1. The normalized spacial score (nSPS) is 15.7. The second kappa shape index (κ2) is 3.32. The Labute approximate surface area is 80.6 Å². The van der Waals surface area contributed by atoms with Gasteiger partial charge in [-0.1, -0.05) is 12.8 Å². The van der Waals surface area contributed by atoms with Crippen LogP contribution in [0.5, 0.6) is 0 Å². The average Bonchev–Trinajstić information content (AvgIpc) is 2.85. The summed E-state index contributed by atoms with van der Waals surface area (Å²) in [4.78, 5) is 24.4. The summed E-state index contributed by atoms with van der Waals surface area (Å²) in [6.07, 6.45) is 3.46. The van der Waals surface area contributed by atoms with Crippen molar-refractivity contribution in [3.63, 3.8) is 0 Å². The second-order valence-corrected chi connectivity index (χ2v) is 3.75. The summed E-state index contributed by atoms with van der Waals surface area (Å²) in [5.74, 6) is 0.993. The van der Waals surface area contributed by atoms with E-state index in [1.54, 1.807) is 0 Å². The highest BCUT2D eigenvalue weighted by molar-refractivity contribution is 5.25. The molecule has 5 heteroatoms. The molecule has 1 aliphatic rings. The minimum Gasteiger partial charge on any atom is -0.385 e. The van der Waals surface area contributed by atoms with E-state index in [0.717, 1.165) is 12.3 Å². The van der Waals surface area contributed by atoms with E-state index in [-0.39, 0.29) is 5.82 Å². The van der Waals surface area contributed by atoms with Gasteiger partial charge in [-0.3, -0.25) is 14.3 Å². The van der Waals surface area contributed by atoms with Gasteiger partial charge in [-0.05, 0) is 12.3 Å². The molecule has 3 N–H and O–H groups in total. The van der Waals surface area contributed by atoms with Crippen LogP contribution in [0.25, 0.3) is 0 Å². The van der Waals surface area contributed by atoms with E-state index in [0.29, 0.717) is 6.54 Å². The van der Waals surface area contributed by atoms with Gasteiger partial charge in [0.1, 0.15) is 5.82 Å². The van der Waals surface area contributed by atoms with Crippen LogP contribution in [-0.2, 0) is 6.54 Å². The van der Waals surface area contributed by atoms with E-state index in [4.69, 9.17) is 5.73 Å². The van der Waals surface area contributed by atoms with Crippen LogP contribution in [-0.4, -0.2) is 9.55 Å². The van der Waals surface area contributed by atoms with Crippen molar-refractivity contribution in [2.45, 2.75) is 25.8 Å². The van der Waals surface area contributed by atoms with Crippen LogP contribution in [0.4, 0.5) is 5.82 Å². The first kappa shape index (κ1) is 9.05. The molecule has 76 valence electrons. The van der Waals surface area contributed by atoms with Gasteiger partial charge < -0.3 is 5.73 Å². The summed E-state index contributed by atoms with van der Waals surface area (Å²) in [5, 5.41) is 0. The first-order valence-corrected chi connectivity index (χ1v) is 4.76. The highest BCUT2D eigenvalue weighted by Crippen LogP contribution is 2.32. The van der Waals surface area contributed by atoms with Gasteiger partial charge in [0.2, 0.25) is 0 Å². The lowest BCUT2D eigenvalue weighted by Gasteiger charge is -2.06. The molecule has 1 fully saturated rings. The molecule has 1 aromatic heterocycles. The number of H-pyrrole nitrogens is 1. The van der Waals surface area contributed by atoms with Crippen LogP contribution in [0.3, 0.4) is 0 Å². The maximum absolute atomic E-state index is 11.3. The minimum absolute atomic E-state index is 0.249. The number of nitrogens with two attached hydrogens (primary N) is 1. The Morgan fingerprint density at radius 1 is 1.50 bits per heavy atom. The molecule has 2 rings (SSSR count). The highest BCUT2D eigenvalue weighted by Gasteiger charge is 2.21. The smallest absolute Gasteiger partial charge is 0.329 e. The molecule has 5 nitrogen and oxygen atoms in total. The number of rotatable bonds is 3. The molecule has 0 bridgehead atoms. The van der Waals surface area contributed by atoms with Crippen molar-refractivity contribution in [1.82, 2.24) is 9.55 Å². The fourth-order valence-electron chi connectivity index (χ4n) is 1.49. The number of nitrogens with one attached hydrogen (secondary N) is 1. The van der Waals surface area contributed by atoms with E-state index < -0.39 is 11.2 Å². The lowest BCUT2D eigenvalue weighted by atomic mass is 10.3. The Morgan fingerprint density at radius 3 is 2.79 bits per heavy atom. The quantitative estimate of drug-likeness (QED) is 0.707. The van der Waals surface area contributed by atoms with E-state index in [1.807, 2.05) is 0 Å². The van der Waals surface area contributed by atoms with Crippen LogP contribution >= 0.6 is 0 Å². The van der Waals surface area contributed by atoms with Crippen molar-refractivity contribution in [2.24, 2.45) is 5.92 Å². The van der Waals surface area contributed by atoms with Gasteiger partial charge in [-0.15, -0.1) is 0 Å². The van der Waals surface area contributed by atoms with Crippen molar-refractivity contribution < 1.29 is 0 Å². The van der Waals surface area contributed by atoms with Gasteiger partial charge in [0.25, 0.3) is 5.56 Å². The summed E-state index contributed by atoms with van der Waals surface area (Å²) in [6, 6.07) is 1.24. The Balaban J connectivity index is 2.22. The summed E-state index contributed by atoms with van der Waals surface area (Å²) in [7, 11) is 0. The first-order chi connectivity index (χ1) is 6.66. The maximum Gasteiger partial charge on any atom is 0.329 e. The molecular weight excluding hydrogens is 182 g/mol. The molecule has 0 spiro atoms. The van der Waals surface area contributed by atoms with E-state index in [9.17, 15) is 9.59 Å². The molecule has 0 atom stereocenters. The molecule has 0 aliphatic heterocycles. The predicted molar refractivity (Wildman–Crippen MR) is 53.1 cm³/mol. The Bertz CT molecular complexity index is 442. The van der Waals surface area contributed by atoms with Gasteiger partial charge in [0.15, 0.2) is 0 Å². The van der Waals surface area contributed by atoms with E-state index in [2.05, 4.69) is 4.98 Å². The van der Waals surface area contributed by atoms with Gasteiger partial charge in [0.05, 0.1) is 0 Å². The average molecular weight is 195 g/mol. The van der Waals surface area contributed by atoms with Crippen LogP contribution in [0.15, 0.2) is 15.7 Å². The SMILES string of the molecule is Nc1cc(=O)[nH]c(=O)n1CCC1CC1. The molecule has 14 heavy (non-hydrogen) atoms. The number of hydrogen-bond acceptors (Lipinski definition) is 3. The summed E-state index contributed by atoms with van der Waals surface area (Å²) >= 11 is 0. The van der Waals surface area contributed by atoms with Crippen LogP contribution < -0.4 is 17.0 Å². The molecule has 0 unspecified atom stereocenters. The van der Waals surface area contributed by atoms with Crippen molar-refractivity contribution in [2.75, 3.05) is 5.73 Å². The van der Waals surface area contributed by atoms with E-state index in [1.165, 1.54) is 23.5 Å². The number of aromatic amines is 1. The number of nitrogens with zero attached hydrogens (tertiary/aromatic N) is 1. The molecular formula is C9H13N3O2. The largest absolute Gasteiger partial charge is 0.385 e. The van der Waals surface area contributed by atoms with Crippen LogP contribution in [0.2, 0.25) is 0 Å². The maximum atomic E-state index is 11.3. The fraction of sp³-hybridized carbons (Fsp3) is 0.556. The summed E-state index contributed by atoms with van der Waals surface area (Å²) in [6.45, 7) is 0.603. The number of nitrogen functional groups attached to an aromatic ring is 1. The Kier molecular flexibility index (Phi) is 2.15. The Morgan fingerprint density at radius 2 is 2.21 bits per heavy atom. The van der Waals surface area contributed by atoms with Crippen LogP contribution in [0, 0.1) is 5.92 Å². The lowest BCUT2D eigenvalue weighted by Crippen LogP contribution is -2.31. The monoisotopic (exact) mass is 195 g/mol. The van der Waals surface area contributed by atoms with Gasteiger partial charge in [-0.2, -0.15) is 0 Å². The third-order valence-corrected chi connectivity index (χ3v) is 2.52. The minimum atomic E-state index is -0.435. The summed E-state index contributed by atoms with van der Waals surface area (Å²) in [5.41, 5.74) is 4.73. The Hall–Kier alpha value is -1.52. The molecule has 0 aromatic carbocycles. The van der Waals surface area contributed by atoms with Crippen LogP contribution in [0.1, 0.15) is 19.3 Å². The number of aromatic nitrogens is 2. The molecule has 0 saturated heterocycles. The molecule has 0 radical (unpaired) electrons. The topological polar surface area (TPSA) is 80.9 Å². The van der Waals surface area contributed by atoms with E-state index >= 15 is 0 Å². The van der Waals surface area contributed by atoms with Gasteiger partial charge >= 0.3 is 5.69 Å². The lowest BCUT2D eigenvalue weighted by molar-refractivity contribution is 0.575. The standard InChI is InChI=1S/C9H13N3O2/c10-7-5-8(13)11-9(14)12(7)4-3-6-1-2-6/h5-6H,1-4,10H2,(H,11,13,14). The summed E-state index contributed by atoms with van der Waals surface area (Å²) < 4.78 is 1.42. The molecule has 1 aliphatic carbocycles. The number of hydrogen-bond donors (Lipinski definition) is 2. The first-order valence-electron chi connectivity index (χ1n) is 4.76.